The molecule has 0 radical (unpaired) electrons. The zero-order chi connectivity index (χ0) is 12.8. The van der Waals surface area contributed by atoms with Crippen molar-refractivity contribution < 1.29 is 28.4 Å². The van der Waals surface area contributed by atoms with E-state index in [1.165, 1.54) is 0 Å². The van der Waals surface area contributed by atoms with Gasteiger partial charge < -0.3 is 28.4 Å². The Morgan fingerprint density at radius 3 is 1.67 bits per heavy atom. The first-order valence-corrected chi connectivity index (χ1v) is 5.81. The Labute approximate surface area is 106 Å². The second-order valence-corrected chi connectivity index (χ2v) is 3.94. The second kappa shape index (κ2) is 6.75. The standard InChI is InChI=1S/C12H18O6/c1-9-5-15-11(17-9)7-13-3-4-14-8-12-16-6-10(2)18-12/h11-12H,1-8H2. The molecule has 0 aromatic heterocycles. The van der Waals surface area contributed by atoms with E-state index in [0.717, 1.165) is 0 Å². The number of hydrogen-bond donors (Lipinski definition) is 0. The molecule has 2 saturated heterocycles. The molecule has 0 aromatic carbocycles. The van der Waals surface area contributed by atoms with E-state index in [1.54, 1.807) is 0 Å². The third-order valence-electron chi connectivity index (χ3n) is 2.34. The van der Waals surface area contributed by atoms with Gasteiger partial charge in [0.2, 0.25) is 12.6 Å². The summed E-state index contributed by atoms with van der Waals surface area (Å²) in [5.74, 6) is 1.27. The van der Waals surface area contributed by atoms with E-state index >= 15 is 0 Å². The van der Waals surface area contributed by atoms with E-state index in [4.69, 9.17) is 28.4 Å². The van der Waals surface area contributed by atoms with Gasteiger partial charge in [-0.1, -0.05) is 13.2 Å². The average molecular weight is 258 g/mol. The van der Waals surface area contributed by atoms with Crippen molar-refractivity contribution in [1.82, 2.24) is 0 Å². The van der Waals surface area contributed by atoms with Gasteiger partial charge >= 0.3 is 0 Å². The van der Waals surface area contributed by atoms with Crippen LogP contribution in [-0.4, -0.2) is 52.2 Å². The maximum atomic E-state index is 5.34. The largest absolute Gasteiger partial charge is 0.465 e. The van der Waals surface area contributed by atoms with Crippen molar-refractivity contribution in [1.29, 1.82) is 0 Å². The first-order valence-electron chi connectivity index (χ1n) is 5.81. The Bertz CT molecular complexity index is 273. The Balaban J connectivity index is 1.42. The third-order valence-corrected chi connectivity index (χ3v) is 2.34. The van der Waals surface area contributed by atoms with Crippen LogP contribution >= 0.6 is 0 Å². The van der Waals surface area contributed by atoms with Crippen LogP contribution in [0.1, 0.15) is 0 Å². The molecule has 0 aliphatic carbocycles. The zero-order valence-corrected chi connectivity index (χ0v) is 10.3. The highest BCUT2D eigenvalue weighted by Gasteiger charge is 2.20. The minimum Gasteiger partial charge on any atom is -0.465 e. The molecule has 0 saturated carbocycles. The minimum absolute atomic E-state index is 0.345. The molecule has 0 aromatic rings. The normalized spacial score (nSPS) is 27.3. The van der Waals surface area contributed by atoms with Gasteiger partial charge in [0.05, 0.1) is 13.2 Å². The van der Waals surface area contributed by atoms with E-state index < -0.39 is 0 Å². The van der Waals surface area contributed by atoms with E-state index in [0.29, 0.717) is 51.2 Å². The van der Waals surface area contributed by atoms with Crippen LogP contribution in [0.2, 0.25) is 0 Å². The molecule has 2 heterocycles. The molecule has 2 atom stereocenters. The summed E-state index contributed by atoms with van der Waals surface area (Å²) in [6, 6.07) is 0. The monoisotopic (exact) mass is 258 g/mol. The van der Waals surface area contributed by atoms with Crippen molar-refractivity contribution in [2.24, 2.45) is 0 Å². The van der Waals surface area contributed by atoms with Crippen molar-refractivity contribution in [2.75, 3.05) is 39.6 Å². The quantitative estimate of drug-likeness (QED) is 0.629. The lowest BCUT2D eigenvalue weighted by molar-refractivity contribution is -0.110. The highest BCUT2D eigenvalue weighted by Crippen LogP contribution is 2.13. The number of ether oxygens (including phenoxy) is 6. The van der Waals surface area contributed by atoms with Crippen LogP contribution in [0.4, 0.5) is 0 Å². The minimum atomic E-state index is -0.345. The molecule has 102 valence electrons. The van der Waals surface area contributed by atoms with Crippen LogP contribution < -0.4 is 0 Å². The molecule has 2 unspecified atom stereocenters. The first kappa shape index (κ1) is 13.4. The predicted octanol–water partition coefficient (Wildman–Crippen LogP) is 0.793. The van der Waals surface area contributed by atoms with Crippen LogP contribution in [0.15, 0.2) is 24.7 Å². The molecule has 2 fully saturated rings. The van der Waals surface area contributed by atoms with Crippen LogP contribution in [0.3, 0.4) is 0 Å². The highest BCUT2D eigenvalue weighted by atomic mass is 16.7. The van der Waals surface area contributed by atoms with Crippen LogP contribution in [0.5, 0.6) is 0 Å². The maximum absolute atomic E-state index is 5.34. The Hall–Kier alpha value is -1.08. The van der Waals surface area contributed by atoms with Crippen molar-refractivity contribution in [2.45, 2.75) is 12.6 Å². The van der Waals surface area contributed by atoms with E-state index in [2.05, 4.69) is 13.2 Å². The molecule has 6 nitrogen and oxygen atoms in total. The van der Waals surface area contributed by atoms with Crippen LogP contribution in [-0.2, 0) is 28.4 Å². The zero-order valence-electron chi connectivity index (χ0n) is 10.3. The summed E-state index contributed by atoms with van der Waals surface area (Å²) in [5.41, 5.74) is 0. The molecule has 2 aliphatic rings. The molecule has 18 heavy (non-hydrogen) atoms. The summed E-state index contributed by atoms with van der Waals surface area (Å²) in [5, 5.41) is 0. The summed E-state index contributed by atoms with van der Waals surface area (Å²) in [7, 11) is 0. The topological polar surface area (TPSA) is 55.4 Å². The smallest absolute Gasteiger partial charge is 0.223 e. The van der Waals surface area contributed by atoms with Crippen LogP contribution in [0.25, 0.3) is 0 Å². The molecule has 0 bridgehead atoms. The Kier molecular flexibility index (Phi) is 5.00. The van der Waals surface area contributed by atoms with Crippen molar-refractivity contribution >= 4 is 0 Å². The second-order valence-electron chi connectivity index (χ2n) is 3.94. The lowest BCUT2D eigenvalue weighted by Gasteiger charge is -2.12. The first-order chi connectivity index (χ1) is 8.74. The summed E-state index contributed by atoms with van der Waals surface area (Å²) >= 11 is 0. The lowest BCUT2D eigenvalue weighted by atomic mass is 10.6. The molecule has 0 N–H and O–H groups in total. The Morgan fingerprint density at radius 1 is 0.889 bits per heavy atom. The summed E-state index contributed by atoms with van der Waals surface area (Å²) in [6.45, 7) is 9.84. The molecular weight excluding hydrogens is 240 g/mol. The van der Waals surface area contributed by atoms with Gasteiger partial charge in [-0.3, -0.25) is 0 Å². The van der Waals surface area contributed by atoms with E-state index in [-0.39, 0.29) is 12.6 Å². The van der Waals surface area contributed by atoms with Gasteiger partial charge in [-0.05, 0) is 0 Å². The third kappa shape index (κ3) is 4.30. The fourth-order valence-corrected chi connectivity index (χ4v) is 1.52. The van der Waals surface area contributed by atoms with Crippen molar-refractivity contribution in [3.63, 3.8) is 0 Å². The SMILES string of the molecule is C=C1COC(COCCOCC2OCC(=C)O2)O1. The van der Waals surface area contributed by atoms with Gasteiger partial charge in [0.25, 0.3) is 0 Å². The van der Waals surface area contributed by atoms with Crippen LogP contribution in [0, 0.1) is 0 Å². The van der Waals surface area contributed by atoms with Crippen molar-refractivity contribution in [3.05, 3.63) is 24.7 Å². The lowest BCUT2D eigenvalue weighted by Crippen LogP contribution is -2.20. The van der Waals surface area contributed by atoms with Gasteiger partial charge in [-0.15, -0.1) is 0 Å². The van der Waals surface area contributed by atoms with E-state index in [1.807, 2.05) is 0 Å². The molecule has 2 rings (SSSR count). The van der Waals surface area contributed by atoms with Gasteiger partial charge in [-0.2, -0.15) is 0 Å². The average Bonchev–Trinajstić information content (AvgIpc) is 2.93. The Morgan fingerprint density at radius 2 is 1.33 bits per heavy atom. The van der Waals surface area contributed by atoms with Gasteiger partial charge in [0.15, 0.2) is 0 Å². The summed E-state index contributed by atoms with van der Waals surface area (Å²) in [6.07, 6.45) is -0.690. The maximum Gasteiger partial charge on any atom is 0.223 e. The van der Waals surface area contributed by atoms with E-state index in [9.17, 15) is 0 Å². The molecule has 6 heteroatoms. The highest BCUT2D eigenvalue weighted by molar-refractivity contribution is 4.87. The summed E-state index contributed by atoms with van der Waals surface area (Å²) in [4.78, 5) is 0. The van der Waals surface area contributed by atoms with Crippen molar-refractivity contribution in [3.8, 4) is 0 Å². The fraction of sp³-hybridized carbons (Fsp3) is 0.667. The molecule has 2 aliphatic heterocycles. The summed E-state index contributed by atoms with van der Waals surface area (Å²) < 4.78 is 31.6. The molecular formula is C12H18O6. The van der Waals surface area contributed by atoms with Gasteiger partial charge in [-0.25, -0.2) is 0 Å². The fourth-order valence-electron chi connectivity index (χ4n) is 1.52. The van der Waals surface area contributed by atoms with Gasteiger partial charge in [0.1, 0.15) is 37.9 Å². The number of hydrogen-bond acceptors (Lipinski definition) is 6. The molecule has 0 spiro atoms. The number of rotatable bonds is 7. The predicted molar refractivity (Wildman–Crippen MR) is 61.6 cm³/mol. The molecule has 0 amide bonds. The van der Waals surface area contributed by atoms with Gasteiger partial charge in [0, 0.05) is 0 Å².